The summed E-state index contributed by atoms with van der Waals surface area (Å²) >= 11 is 0. The fraction of sp³-hybridized carbons (Fsp3) is 0.594. The number of esters is 3. The van der Waals surface area contributed by atoms with E-state index in [2.05, 4.69) is 148 Å². The number of carbonyl (C=O) groups is 4. The molecule has 0 aliphatic carbocycles. The third-order valence-corrected chi connectivity index (χ3v) is 12.9. The number of carbonyl (C=O) groups excluding carboxylic acids is 3. The van der Waals surface area contributed by atoms with E-state index in [0.717, 1.165) is 128 Å². The monoisotopic (exact) mass is 1130 g/mol. The third-order valence-electron chi connectivity index (χ3n) is 12.9. The lowest BCUT2D eigenvalue weighted by atomic mass is 9.98. The molecule has 12 heteroatoms. The Hall–Kier alpha value is -5.40. The highest BCUT2D eigenvalue weighted by Gasteiger charge is 2.50. The molecule has 1 aliphatic rings. The highest BCUT2D eigenvalue weighted by molar-refractivity contribution is 5.74. The van der Waals surface area contributed by atoms with Gasteiger partial charge in [0.15, 0.2) is 24.6 Å². The molecule has 454 valence electrons. The van der Waals surface area contributed by atoms with E-state index in [1.807, 2.05) is 18.2 Å². The minimum Gasteiger partial charge on any atom is -0.479 e. The molecular weight excluding hydrogens is 1020 g/mol. The molecule has 12 nitrogen and oxygen atoms in total. The maximum Gasteiger partial charge on any atom is 0.335 e. The van der Waals surface area contributed by atoms with Gasteiger partial charge in [0.2, 0.25) is 0 Å². The second kappa shape index (κ2) is 55.2. The molecular formula is C69H106O12. The zero-order valence-corrected chi connectivity index (χ0v) is 50.0. The summed E-state index contributed by atoms with van der Waals surface area (Å²) in [5.74, 6) is -3.31. The lowest BCUT2D eigenvalue weighted by Crippen LogP contribution is -2.61. The molecule has 0 radical (unpaired) electrons. The Morgan fingerprint density at radius 2 is 0.802 bits per heavy atom. The van der Waals surface area contributed by atoms with Gasteiger partial charge in [0.05, 0.1) is 6.61 Å². The van der Waals surface area contributed by atoms with Crippen LogP contribution < -0.4 is 0 Å². The molecule has 0 amide bonds. The first-order chi connectivity index (χ1) is 39.6. The van der Waals surface area contributed by atoms with Crippen LogP contribution in [0, 0.1) is 0 Å². The van der Waals surface area contributed by atoms with Gasteiger partial charge in [0, 0.05) is 19.3 Å². The zero-order chi connectivity index (χ0) is 58.9. The molecule has 0 aromatic carbocycles. The van der Waals surface area contributed by atoms with Crippen LogP contribution in [0.1, 0.15) is 213 Å². The number of ether oxygens (including phenoxy) is 5. The lowest BCUT2D eigenvalue weighted by molar-refractivity contribution is -0.301. The van der Waals surface area contributed by atoms with Crippen LogP contribution in [0.15, 0.2) is 146 Å². The van der Waals surface area contributed by atoms with Crippen molar-refractivity contribution in [1.29, 1.82) is 0 Å². The van der Waals surface area contributed by atoms with Gasteiger partial charge in [-0.3, -0.25) is 14.4 Å². The Morgan fingerprint density at radius 1 is 0.420 bits per heavy atom. The first-order valence-corrected chi connectivity index (χ1v) is 30.8. The number of aliphatic hydroxyl groups is 2. The summed E-state index contributed by atoms with van der Waals surface area (Å²) in [6.07, 6.45) is 66.8. The van der Waals surface area contributed by atoms with Crippen molar-refractivity contribution in [2.24, 2.45) is 0 Å². The van der Waals surface area contributed by atoms with E-state index in [1.54, 1.807) is 0 Å². The highest BCUT2D eigenvalue weighted by Crippen LogP contribution is 2.26. The second-order valence-corrected chi connectivity index (χ2v) is 20.2. The number of hydrogen-bond acceptors (Lipinski definition) is 11. The summed E-state index contributed by atoms with van der Waals surface area (Å²) in [6, 6.07) is 0. The number of aliphatic hydroxyl groups excluding tert-OH is 2. The Labute approximate surface area is 489 Å². The predicted octanol–water partition coefficient (Wildman–Crippen LogP) is 16.3. The number of hydrogen-bond donors (Lipinski definition) is 3. The topological polar surface area (TPSA) is 175 Å². The minimum atomic E-state index is -1.94. The largest absolute Gasteiger partial charge is 0.479 e. The summed E-state index contributed by atoms with van der Waals surface area (Å²) in [5.41, 5.74) is 0. The van der Waals surface area contributed by atoms with Crippen molar-refractivity contribution in [3.05, 3.63) is 146 Å². The summed E-state index contributed by atoms with van der Waals surface area (Å²) < 4.78 is 28.3. The van der Waals surface area contributed by atoms with E-state index in [0.29, 0.717) is 25.7 Å². The normalized spacial score (nSPS) is 18.8. The van der Waals surface area contributed by atoms with Crippen molar-refractivity contribution in [3.63, 3.8) is 0 Å². The maximum absolute atomic E-state index is 13.2. The number of allylic oxidation sites excluding steroid dienone is 24. The molecule has 3 N–H and O–H groups in total. The molecule has 1 saturated heterocycles. The molecule has 1 fully saturated rings. The second-order valence-electron chi connectivity index (χ2n) is 20.2. The van der Waals surface area contributed by atoms with Crippen molar-refractivity contribution < 1.29 is 58.2 Å². The average molecular weight is 1130 g/mol. The smallest absolute Gasteiger partial charge is 0.335 e. The Morgan fingerprint density at radius 3 is 1.25 bits per heavy atom. The summed E-state index contributed by atoms with van der Waals surface area (Å²) in [4.78, 5) is 51.2. The van der Waals surface area contributed by atoms with Crippen molar-refractivity contribution in [3.8, 4) is 0 Å². The van der Waals surface area contributed by atoms with Crippen molar-refractivity contribution in [1.82, 2.24) is 0 Å². The van der Waals surface area contributed by atoms with E-state index in [-0.39, 0.29) is 25.9 Å². The molecule has 0 aromatic heterocycles. The van der Waals surface area contributed by atoms with Gasteiger partial charge in [-0.1, -0.05) is 212 Å². The lowest BCUT2D eigenvalue weighted by Gasteiger charge is -2.40. The standard InChI is InChI=1S/C69H106O12/c1-4-7-10-13-16-19-22-25-27-29-31-33-35-38-40-43-46-49-52-55-61(70)77-58-60(79-62(71)56-53-50-47-44-42-39-36-34-32-30-28-26-23-20-17-14-11-8-5-2)59-78-69-67(65(74)64(73)66(81-69)68(75)76)80-63(72)57-54-51-48-45-41-37-24-21-18-15-12-9-6-3/h7,9-10,12,16-21,25-28,31-34,37-38,40-41,48,51,60,64-67,69,73-74H,4-6,8,11,13-15,22-24,29-30,35-36,39,42-47,49-50,52-59H2,1-3H3,(H,75,76)/b10-7-,12-9-,19-16-,20-17-,21-18-,27-25-,28-26-,33-31-,34-32-,40-38-,41-37-,51-48-. The molecule has 1 aliphatic heterocycles. The summed E-state index contributed by atoms with van der Waals surface area (Å²) in [6.45, 7) is 5.65. The van der Waals surface area contributed by atoms with Crippen LogP contribution in [-0.2, 0) is 42.9 Å². The van der Waals surface area contributed by atoms with Crippen molar-refractivity contribution in [2.75, 3.05) is 13.2 Å². The molecule has 81 heavy (non-hydrogen) atoms. The number of rotatable bonds is 50. The fourth-order valence-corrected chi connectivity index (χ4v) is 8.24. The number of aliphatic carboxylic acids is 1. The van der Waals surface area contributed by atoms with Gasteiger partial charge < -0.3 is 39.0 Å². The van der Waals surface area contributed by atoms with E-state index < -0.39 is 67.3 Å². The third kappa shape index (κ3) is 44.9. The highest BCUT2D eigenvalue weighted by atomic mass is 16.7. The van der Waals surface area contributed by atoms with Gasteiger partial charge in [0.1, 0.15) is 18.8 Å². The van der Waals surface area contributed by atoms with E-state index in [1.165, 1.54) is 19.3 Å². The molecule has 1 heterocycles. The molecule has 1 rings (SSSR count). The number of unbranched alkanes of at least 4 members (excludes halogenated alkanes) is 12. The number of carboxylic acid groups (broad SMARTS) is 1. The van der Waals surface area contributed by atoms with E-state index in [4.69, 9.17) is 23.7 Å². The summed E-state index contributed by atoms with van der Waals surface area (Å²) in [5, 5.41) is 31.5. The van der Waals surface area contributed by atoms with Gasteiger partial charge in [-0.2, -0.15) is 0 Å². The molecule has 0 saturated carbocycles. The first-order valence-electron chi connectivity index (χ1n) is 30.8. The van der Waals surface area contributed by atoms with Crippen molar-refractivity contribution in [2.45, 2.75) is 250 Å². The number of carboxylic acids is 1. The Kier molecular flexibility index (Phi) is 50.1. The molecule has 0 spiro atoms. The average Bonchev–Trinajstić information content (AvgIpc) is 3.46. The first kappa shape index (κ1) is 73.6. The van der Waals surface area contributed by atoms with E-state index in [9.17, 15) is 34.5 Å². The van der Waals surface area contributed by atoms with Gasteiger partial charge in [0.25, 0.3) is 0 Å². The van der Waals surface area contributed by atoms with Gasteiger partial charge in [-0.15, -0.1) is 0 Å². The van der Waals surface area contributed by atoms with Crippen LogP contribution in [0.25, 0.3) is 0 Å². The zero-order valence-electron chi connectivity index (χ0n) is 50.0. The summed E-state index contributed by atoms with van der Waals surface area (Å²) in [7, 11) is 0. The van der Waals surface area contributed by atoms with Crippen LogP contribution in [0.5, 0.6) is 0 Å². The van der Waals surface area contributed by atoms with Crippen LogP contribution >= 0.6 is 0 Å². The fourth-order valence-electron chi connectivity index (χ4n) is 8.24. The predicted molar refractivity (Wildman–Crippen MR) is 330 cm³/mol. The quantitative estimate of drug-likeness (QED) is 0.0228. The Bertz CT molecular complexity index is 1960. The minimum absolute atomic E-state index is 0.0739. The Balaban J connectivity index is 2.75. The maximum atomic E-state index is 13.2. The molecule has 0 aromatic rings. The van der Waals surface area contributed by atoms with Gasteiger partial charge >= 0.3 is 23.9 Å². The van der Waals surface area contributed by atoms with Crippen LogP contribution in [0.4, 0.5) is 0 Å². The van der Waals surface area contributed by atoms with Crippen LogP contribution in [-0.4, -0.2) is 89.2 Å². The van der Waals surface area contributed by atoms with E-state index >= 15 is 0 Å². The molecule has 6 atom stereocenters. The van der Waals surface area contributed by atoms with Gasteiger partial charge in [-0.05, 0) is 128 Å². The molecule has 6 unspecified atom stereocenters. The van der Waals surface area contributed by atoms with Gasteiger partial charge in [-0.25, -0.2) is 4.79 Å². The SMILES string of the molecule is CC/C=C\C/C=C\C/C=C\C/C=C\C/C=C\CCCCCC(=O)OCC(COC1OC(C(=O)O)C(O)C(O)C1OC(=O)CC/C=C\C/C=C\C/C=C\C/C=C\CC)OC(=O)CCCCCCCC/C=C\C/C=C\C/C=C\CCCCC. The van der Waals surface area contributed by atoms with Crippen LogP contribution in [0.2, 0.25) is 0 Å². The van der Waals surface area contributed by atoms with Crippen LogP contribution in [0.3, 0.4) is 0 Å². The molecule has 0 bridgehead atoms. The van der Waals surface area contributed by atoms with Crippen molar-refractivity contribution >= 4 is 23.9 Å².